The largest absolute Gasteiger partial charge is 0.441 e. The predicted octanol–water partition coefficient (Wildman–Crippen LogP) is 2.10. The van der Waals surface area contributed by atoms with Crippen molar-refractivity contribution in [2.24, 2.45) is 0 Å². The number of hydrogen-bond acceptors (Lipinski definition) is 5. The van der Waals surface area contributed by atoms with Crippen LogP contribution in [0.25, 0.3) is 11.1 Å². The topological polar surface area (TPSA) is 80.5 Å². The van der Waals surface area contributed by atoms with Crippen LogP contribution < -0.4 is 0 Å². The van der Waals surface area contributed by atoms with Gasteiger partial charge in [0.25, 0.3) is 0 Å². The van der Waals surface area contributed by atoms with E-state index in [2.05, 4.69) is 4.98 Å². The van der Waals surface area contributed by atoms with Gasteiger partial charge in [0.15, 0.2) is 21.3 Å². The Morgan fingerprint density at radius 1 is 1.42 bits per heavy atom. The Morgan fingerprint density at radius 3 is 2.88 bits per heavy atom. The minimum Gasteiger partial charge on any atom is -0.441 e. The van der Waals surface area contributed by atoms with E-state index in [1.54, 1.807) is 11.8 Å². The van der Waals surface area contributed by atoms with Crippen molar-refractivity contribution in [3.63, 3.8) is 0 Å². The molecule has 3 rings (SSSR count). The lowest BCUT2D eigenvalue weighted by atomic mass is 10.1. The summed E-state index contributed by atoms with van der Waals surface area (Å²) >= 11 is 0. The molecule has 1 aliphatic rings. The van der Waals surface area contributed by atoms with Crippen LogP contribution in [0.3, 0.4) is 0 Å². The van der Waals surface area contributed by atoms with Gasteiger partial charge in [-0.2, -0.15) is 0 Å². The summed E-state index contributed by atoms with van der Waals surface area (Å²) in [7, 11) is -2.99. The van der Waals surface area contributed by atoms with E-state index in [-0.39, 0.29) is 23.5 Å². The van der Waals surface area contributed by atoms with Crippen LogP contribution in [0.15, 0.2) is 22.6 Å². The van der Waals surface area contributed by atoms with E-state index in [1.807, 2.05) is 25.1 Å². The first-order valence-corrected chi connectivity index (χ1v) is 10.1. The van der Waals surface area contributed by atoms with E-state index in [0.29, 0.717) is 31.7 Å². The van der Waals surface area contributed by atoms with Crippen molar-refractivity contribution >= 4 is 26.8 Å². The molecule has 1 saturated heterocycles. The molecular weight excluding hydrogens is 328 g/mol. The van der Waals surface area contributed by atoms with Gasteiger partial charge < -0.3 is 9.32 Å². The Kier molecular flexibility index (Phi) is 4.62. The van der Waals surface area contributed by atoms with Crippen molar-refractivity contribution < 1.29 is 17.6 Å². The number of fused-ring (bicyclic) bond motifs is 1. The highest BCUT2D eigenvalue weighted by Crippen LogP contribution is 2.20. The van der Waals surface area contributed by atoms with E-state index >= 15 is 0 Å². The maximum absolute atomic E-state index is 12.5. The van der Waals surface area contributed by atoms with Crippen molar-refractivity contribution in [2.45, 2.75) is 39.2 Å². The molecule has 0 bridgehead atoms. The van der Waals surface area contributed by atoms with Crippen LogP contribution in [-0.4, -0.2) is 48.3 Å². The summed E-state index contributed by atoms with van der Waals surface area (Å²) in [6.07, 6.45) is 1.52. The van der Waals surface area contributed by atoms with E-state index in [1.165, 1.54) is 0 Å². The molecule has 7 heteroatoms. The van der Waals surface area contributed by atoms with Crippen LogP contribution >= 0.6 is 0 Å². The number of carbonyl (C=O) groups excluding carboxylic acids is 1. The third-order valence-electron chi connectivity index (χ3n) is 4.50. The van der Waals surface area contributed by atoms with Gasteiger partial charge in [0.1, 0.15) is 5.52 Å². The first-order valence-electron chi connectivity index (χ1n) is 8.24. The molecule has 1 amide bonds. The SMILES string of the molecule is CCN(C(=O)CCc1ccc2oc(C)nc2c1)C1CCS(=O)(=O)C1. The summed E-state index contributed by atoms with van der Waals surface area (Å²) in [6, 6.07) is 5.58. The monoisotopic (exact) mass is 350 g/mol. The number of rotatable bonds is 5. The number of oxazole rings is 1. The molecule has 0 radical (unpaired) electrons. The van der Waals surface area contributed by atoms with Gasteiger partial charge in [0.2, 0.25) is 5.91 Å². The second-order valence-electron chi connectivity index (χ2n) is 6.27. The van der Waals surface area contributed by atoms with Crippen LogP contribution in [0.4, 0.5) is 0 Å². The highest BCUT2D eigenvalue weighted by molar-refractivity contribution is 7.91. The van der Waals surface area contributed by atoms with E-state index < -0.39 is 9.84 Å². The third-order valence-corrected chi connectivity index (χ3v) is 6.25. The van der Waals surface area contributed by atoms with E-state index in [0.717, 1.165) is 16.7 Å². The second kappa shape index (κ2) is 6.55. The summed E-state index contributed by atoms with van der Waals surface area (Å²) in [6.45, 7) is 4.24. The first-order chi connectivity index (χ1) is 11.4. The molecule has 6 nitrogen and oxygen atoms in total. The second-order valence-corrected chi connectivity index (χ2v) is 8.50. The molecule has 0 spiro atoms. The molecule has 1 fully saturated rings. The molecule has 1 aromatic heterocycles. The zero-order valence-electron chi connectivity index (χ0n) is 14.0. The molecule has 1 aromatic carbocycles. The van der Waals surface area contributed by atoms with Gasteiger partial charge in [0, 0.05) is 25.9 Å². The van der Waals surface area contributed by atoms with Gasteiger partial charge in [-0.05, 0) is 37.5 Å². The summed E-state index contributed by atoms with van der Waals surface area (Å²) in [5.74, 6) is 0.911. The standard InChI is InChI=1S/C17H22N2O4S/c1-3-19(14-8-9-24(21,22)11-14)17(20)7-5-13-4-6-16-15(10-13)18-12(2)23-16/h4,6,10,14H,3,5,7-9,11H2,1-2H3. The van der Waals surface area contributed by atoms with Gasteiger partial charge in [-0.1, -0.05) is 6.07 Å². The van der Waals surface area contributed by atoms with Crippen LogP contribution in [0.1, 0.15) is 31.2 Å². The number of benzene rings is 1. The lowest BCUT2D eigenvalue weighted by Crippen LogP contribution is -2.41. The third kappa shape index (κ3) is 3.61. The first kappa shape index (κ1) is 17.0. The molecule has 24 heavy (non-hydrogen) atoms. The fourth-order valence-corrected chi connectivity index (χ4v) is 5.03. The zero-order chi connectivity index (χ0) is 17.3. The number of aromatic nitrogens is 1. The molecule has 130 valence electrons. The summed E-state index contributed by atoms with van der Waals surface area (Å²) in [4.78, 5) is 18.5. The average molecular weight is 350 g/mol. The molecule has 2 heterocycles. The van der Waals surface area contributed by atoms with Crippen LogP contribution in [0.5, 0.6) is 0 Å². The lowest BCUT2D eigenvalue weighted by molar-refractivity contribution is -0.132. The fourth-order valence-electron chi connectivity index (χ4n) is 3.30. The molecule has 1 aliphatic heterocycles. The normalized spacial score (nSPS) is 19.7. The van der Waals surface area contributed by atoms with Crippen molar-refractivity contribution in [2.75, 3.05) is 18.1 Å². The Hall–Kier alpha value is -1.89. The number of amides is 1. The van der Waals surface area contributed by atoms with E-state index in [9.17, 15) is 13.2 Å². The number of aryl methyl sites for hydroxylation is 2. The minimum atomic E-state index is -2.99. The predicted molar refractivity (Wildman–Crippen MR) is 91.5 cm³/mol. The van der Waals surface area contributed by atoms with Crippen molar-refractivity contribution in [1.82, 2.24) is 9.88 Å². The number of sulfone groups is 1. The quantitative estimate of drug-likeness (QED) is 0.825. The molecule has 0 aliphatic carbocycles. The minimum absolute atomic E-state index is 0.0102. The number of nitrogens with zero attached hydrogens (tertiary/aromatic N) is 2. The van der Waals surface area contributed by atoms with Crippen LogP contribution in [0.2, 0.25) is 0 Å². The van der Waals surface area contributed by atoms with Gasteiger partial charge >= 0.3 is 0 Å². The molecule has 0 saturated carbocycles. The Labute approximate surface area is 141 Å². The molecule has 1 unspecified atom stereocenters. The van der Waals surface area contributed by atoms with Gasteiger partial charge in [-0.25, -0.2) is 13.4 Å². The highest BCUT2D eigenvalue weighted by Gasteiger charge is 2.33. The van der Waals surface area contributed by atoms with Crippen molar-refractivity contribution in [3.05, 3.63) is 29.7 Å². The molecular formula is C17H22N2O4S. The molecule has 0 N–H and O–H groups in total. The van der Waals surface area contributed by atoms with Crippen LogP contribution in [0, 0.1) is 6.92 Å². The Balaban J connectivity index is 1.64. The highest BCUT2D eigenvalue weighted by atomic mass is 32.2. The molecule has 2 aromatic rings. The zero-order valence-corrected chi connectivity index (χ0v) is 14.8. The van der Waals surface area contributed by atoms with Gasteiger partial charge in [0.05, 0.1) is 11.5 Å². The lowest BCUT2D eigenvalue weighted by Gasteiger charge is -2.27. The van der Waals surface area contributed by atoms with Gasteiger partial charge in [-0.3, -0.25) is 4.79 Å². The summed E-state index contributed by atoms with van der Waals surface area (Å²) in [5, 5.41) is 0. The van der Waals surface area contributed by atoms with E-state index in [4.69, 9.17) is 4.42 Å². The maximum atomic E-state index is 12.5. The van der Waals surface area contributed by atoms with Crippen molar-refractivity contribution in [1.29, 1.82) is 0 Å². The number of carbonyl (C=O) groups is 1. The molecule has 1 atom stereocenters. The maximum Gasteiger partial charge on any atom is 0.223 e. The Bertz CT molecular complexity index is 857. The van der Waals surface area contributed by atoms with Gasteiger partial charge in [-0.15, -0.1) is 0 Å². The fraction of sp³-hybridized carbons (Fsp3) is 0.529. The van der Waals surface area contributed by atoms with Crippen LogP contribution in [-0.2, 0) is 21.1 Å². The smallest absolute Gasteiger partial charge is 0.223 e. The van der Waals surface area contributed by atoms with Crippen molar-refractivity contribution in [3.8, 4) is 0 Å². The Morgan fingerprint density at radius 2 is 2.21 bits per heavy atom. The summed E-state index contributed by atoms with van der Waals surface area (Å²) < 4.78 is 28.7. The average Bonchev–Trinajstić information content (AvgIpc) is 3.06. The summed E-state index contributed by atoms with van der Waals surface area (Å²) in [5.41, 5.74) is 2.57. The number of hydrogen-bond donors (Lipinski definition) is 0.